The van der Waals surface area contributed by atoms with Gasteiger partial charge in [-0.1, -0.05) is 48.0 Å². The summed E-state index contributed by atoms with van der Waals surface area (Å²) in [6.45, 7) is 1.83. The Morgan fingerprint density at radius 3 is 2.47 bits per heavy atom. The molecule has 1 N–H and O–H groups in total. The molecule has 0 radical (unpaired) electrons. The Morgan fingerprint density at radius 2 is 1.72 bits per heavy atom. The van der Waals surface area contributed by atoms with E-state index in [0.29, 0.717) is 27.7 Å². The Hall–Kier alpha value is -3.42. The summed E-state index contributed by atoms with van der Waals surface area (Å²) in [6.07, 6.45) is 0. The number of halogens is 1. The maximum atomic E-state index is 12.9. The summed E-state index contributed by atoms with van der Waals surface area (Å²) < 4.78 is 27.0. The number of nitrogens with one attached hydrogen (secondary N) is 1. The molecule has 0 saturated heterocycles. The molecule has 4 aromatic rings. The molecule has 0 aliphatic heterocycles. The molecule has 3 aromatic carbocycles. The molecule has 162 valence electrons. The molecule has 1 aromatic heterocycles. The molecule has 0 fully saturated rings. The largest absolute Gasteiger partial charge is 0.306 e. The fourth-order valence-electron chi connectivity index (χ4n) is 3.31. The van der Waals surface area contributed by atoms with Crippen molar-refractivity contribution in [2.24, 2.45) is 0 Å². The second-order valence-electron chi connectivity index (χ2n) is 7.29. The van der Waals surface area contributed by atoms with Crippen molar-refractivity contribution in [3.8, 4) is 5.69 Å². The van der Waals surface area contributed by atoms with Gasteiger partial charge in [-0.05, 0) is 55.0 Å². The van der Waals surface area contributed by atoms with E-state index in [4.69, 9.17) is 11.6 Å². The minimum Gasteiger partial charge on any atom is -0.306 e. The van der Waals surface area contributed by atoms with E-state index in [2.05, 4.69) is 10.4 Å². The number of amides is 1. The standard InChI is InChI=1S/C24H20ClN3O3S/c1-17-13-23(28(27-17)21-10-6-9-20(25)15-21)26-24(29)19-8-5-7-18(14-19)16-32(30,31)22-11-3-2-4-12-22/h2-15H,16H2,1H3,(H,26,29). The number of carbonyl (C=O) groups is 1. The van der Waals surface area contributed by atoms with Gasteiger partial charge in [-0.3, -0.25) is 4.79 Å². The second kappa shape index (κ2) is 8.98. The van der Waals surface area contributed by atoms with Crippen LogP contribution in [0.15, 0.2) is 89.8 Å². The van der Waals surface area contributed by atoms with Crippen LogP contribution >= 0.6 is 11.6 Å². The van der Waals surface area contributed by atoms with Crippen molar-refractivity contribution >= 4 is 33.2 Å². The quantitative estimate of drug-likeness (QED) is 0.431. The van der Waals surface area contributed by atoms with Crippen molar-refractivity contribution in [3.05, 3.63) is 107 Å². The fraction of sp³-hybridized carbons (Fsp3) is 0.0833. The molecule has 0 saturated carbocycles. The van der Waals surface area contributed by atoms with Crippen molar-refractivity contribution in [2.75, 3.05) is 5.32 Å². The number of rotatable bonds is 6. The average Bonchev–Trinajstić information content (AvgIpc) is 3.14. The molecule has 32 heavy (non-hydrogen) atoms. The molecule has 4 rings (SSSR count). The fourth-order valence-corrected chi connectivity index (χ4v) is 4.86. The summed E-state index contributed by atoms with van der Waals surface area (Å²) in [5, 5.41) is 7.84. The molecule has 1 amide bonds. The van der Waals surface area contributed by atoms with Crippen LogP contribution in [0, 0.1) is 6.92 Å². The zero-order valence-corrected chi connectivity index (χ0v) is 18.8. The number of benzene rings is 3. The smallest absolute Gasteiger partial charge is 0.256 e. The molecule has 0 aliphatic carbocycles. The van der Waals surface area contributed by atoms with Gasteiger partial charge in [-0.15, -0.1) is 0 Å². The van der Waals surface area contributed by atoms with E-state index >= 15 is 0 Å². The van der Waals surface area contributed by atoms with Crippen molar-refractivity contribution in [1.29, 1.82) is 0 Å². The highest BCUT2D eigenvalue weighted by Crippen LogP contribution is 2.22. The molecule has 1 heterocycles. The Bertz CT molecular complexity index is 1380. The first-order valence-corrected chi connectivity index (χ1v) is 11.9. The molecular weight excluding hydrogens is 446 g/mol. The molecule has 0 atom stereocenters. The summed E-state index contributed by atoms with van der Waals surface area (Å²) in [5.74, 6) is -0.0817. The third-order valence-electron chi connectivity index (χ3n) is 4.77. The number of hydrogen-bond acceptors (Lipinski definition) is 4. The number of aryl methyl sites for hydroxylation is 1. The summed E-state index contributed by atoms with van der Waals surface area (Å²) in [5.41, 5.74) is 2.31. The Balaban J connectivity index is 1.57. The van der Waals surface area contributed by atoms with Gasteiger partial charge in [0, 0.05) is 16.7 Å². The molecule has 0 unspecified atom stereocenters. The lowest BCUT2D eigenvalue weighted by molar-refractivity contribution is 0.102. The van der Waals surface area contributed by atoms with Crippen LogP contribution in [-0.4, -0.2) is 24.1 Å². The van der Waals surface area contributed by atoms with Gasteiger partial charge in [0.15, 0.2) is 9.84 Å². The molecule has 0 aliphatic rings. The maximum Gasteiger partial charge on any atom is 0.256 e. The summed E-state index contributed by atoms with van der Waals surface area (Å²) in [6, 6.07) is 23.7. The summed E-state index contributed by atoms with van der Waals surface area (Å²) in [7, 11) is -3.52. The monoisotopic (exact) mass is 465 g/mol. The summed E-state index contributed by atoms with van der Waals surface area (Å²) >= 11 is 6.09. The third-order valence-corrected chi connectivity index (χ3v) is 6.71. The van der Waals surface area contributed by atoms with Crippen molar-refractivity contribution in [2.45, 2.75) is 17.6 Å². The number of aromatic nitrogens is 2. The predicted octanol–water partition coefficient (Wildman–Crippen LogP) is 5.06. The highest BCUT2D eigenvalue weighted by Gasteiger charge is 2.17. The molecule has 8 heteroatoms. The van der Waals surface area contributed by atoms with Crippen LogP contribution in [0.25, 0.3) is 5.69 Å². The minimum atomic E-state index is -3.52. The summed E-state index contributed by atoms with van der Waals surface area (Å²) in [4.78, 5) is 13.2. The van der Waals surface area contributed by atoms with E-state index in [1.54, 1.807) is 83.5 Å². The van der Waals surface area contributed by atoms with E-state index < -0.39 is 9.84 Å². The number of hydrogen-bond donors (Lipinski definition) is 1. The predicted molar refractivity (Wildman–Crippen MR) is 125 cm³/mol. The van der Waals surface area contributed by atoms with Crippen LogP contribution in [0.3, 0.4) is 0 Å². The normalized spacial score (nSPS) is 11.3. The zero-order valence-electron chi connectivity index (χ0n) is 17.2. The van der Waals surface area contributed by atoms with Crippen LogP contribution in [-0.2, 0) is 15.6 Å². The van der Waals surface area contributed by atoms with Gasteiger partial charge in [-0.2, -0.15) is 5.10 Å². The van der Waals surface area contributed by atoms with Crippen LogP contribution in [0.2, 0.25) is 5.02 Å². The SMILES string of the molecule is Cc1cc(NC(=O)c2cccc(CS(=O)(=O)c3ccccc3)c2)n(-c2cccc(Cl)c2)n1. The second-order valence-corrected chi connectivity index (χ2v) is 9.72. The zero-order chi connectivity index (χ0) is 22.7. The van der Waals surface area contributed by atoms with Crippen molar-refractivity contribution < 1.29 is 13.2 Å². The highest BCUT2D eigenvalue weighted by molar-refractivity contribution is 7.90. The van der Waals surface area contributed by atoms with Gasteiger partial charge in [0.25, 0.3) is 5.91 Å². The first kappa shape index (κ1) is 21.8. The Kier molecular flexibility index (Phi) is 6.12. The van der Waals surface area contributed by atoms with Crippen LogP contribution in [0.1, 0.15) is 21.6 Å². The molecular formula is C24H20ClN3O3S. The first-order valence-electron chi connectivity index (χ1n) is 9.82. The van der Waals surface area contributed by atoms with E-state index in [0.717, 1.165) is 5.69 Å². The third kappa shape index (κ3) is 4.90. The first-order chi connectivity index (χ1) is 15.3. The van der Waals surface area contributed by atoms with Gasteiger partial charge in [0.05, 0.1) is 22.0 Å². The Labute approximate surface area is 191 Å². The minimum absolute atomic E-state index is 0.197. The number of sulfone groups is 1. The molecule has 0 bridgehead atoms. The van der Waals surface area contributed by atoms with E-state index in [1.807, 2.05) is 13.0 Å². The van der Waals surface area contributed by atoms with Crippen LogP contribution < -0.4 is 5.32 Å². The van der Waals surface area contributed by atoms with Gasteiger partial charge in [0.1, 0.15) is 5.82 Å². The van der Waals surface area contributed by atoms with Gasteiger partial charge in [-0.25, -0.2) is 13.1 Å². The lowest BCUT2D eigenvalue weighted by atomic mass is 10.1. The average molecular weight is 466 g/mol. The Morgan fingerprint density at radius 1 is 0.969 bits per heavy atom. The number of anilines is 1. The van der Waals surface area contributed by atoms with Gasteiger partial charge >= 0.3 is 0 Å². The van der Waals surface area contributed by atoms with Crippen molar-refractivity contribution in [3.63, 3.8) is 0 Å². The molecule has 0 spiro atoms. The van der Waals surface area contributed by atoms with E-state index in [-0.39, 0.29) is 16.6 Å². The van der Waals surface area contributed by atoms with Gasteiger partial charge < -0.3 is 5.32 Å². The lowest BCUT2D eigenvalue weighted by Gasteiger charge is -2.10. The topological polar surface area (TPSA) is 81.1 Å². The number of carbonyl (C=O) groups excluding carboxylic acids is 1. The van der Waals surface area contributed by atoms with Crippen LogP contribution in [0.4, 0.5) is 5.82 Å². The van der Waals surface area contributed by atoms with E-state index in [9.17, 15) is 13.2 Å². The van der Waals surface area contributed by atoms with Crippen LogP contribution in [0.5, 0.6) is 0 Å². The maximum absolute atomic E-state index is 12.9. The van der Waals surface area contributed by atoms with Gasteiger partial charge in [0.2, 0.25) is 0 Å². The molecule has 6 nitrogen and oxygen atoms in total. The lowest BCUT2D eigenvalue weighted by Crippen LogP contribution is -2.15. The number of nitrogens with zero attached hydrogens (tertiary/aromatic N) is 2. The van der Waals surface area contributed by atoms with E-state index in [1.165, 1.54) is 0 Å². The van der Waals surface area contributed by atoms with Crippen molar-refractivity contribution in [1.82, 2.24) is 9.78 Å². The highest BCUT2D eigenvalue weighted by atomic mass is 35.5.